The summed E-state index contributed by atoms with van der Waals surface area (Å²) in [7, 11) is 0. The highest BCUT2D eigenvalue weighted by Gasteiger charge is 2.11. The van der Waals surface area contributed by atoms with Crippen LogP contribution in [-0.2, 0) is 11.3 Å². The molecule has 4 nitrogen and oxygen atoms in total. The maximum absolute atomic E-state index is 11.6. The first kappa shape index (κ1) is 14.7. The van der Waals surface area contributed by atoms with Crippen LogP contribution in [0.5, 0.6) is 0 Å². The number of hydrazine groups is 1. The van der Waals surface area contributed by atoms with Gasteiger partial charge in [-0.1, -0.05) is 32.0 Å². The molecule has 0 bridgehead atoms. The van der Waals surface area contributed by atoms with Crippen molar-refractivity contribution in [3.63, 3.8) is 0 Å². The molecule has 0 aliphatic carbocycles. The molecule has 0 spiro atoms. The van der Waals surface area contributed by atoms with Gasteiger partial charge in [0.2, 0.25) is 0 Å². The second kappa shape index (κ2) is 7.13. The van der Waals surface area contributed by atoms with Crippen LogP contribution in [0.15, 0.2) is 24.3 Å². The third-order valence-corrected chi connectivity index (χ3v) is 2.72. The zero-order chi connectivity index (χ0) is 13.5. The summed E-state index contributed by atoms with van der Waals surface area (Å²) in [4.78, 5) is 11.6. The largest absolute Gasteiger partial charge is 0.374 e. The van der Waals surface area contributed by atoms with E-state index in [0.29, 0.717) is 18.1 Å². The van der Waals surface area contributed by atoms with Gasteiger partial charge in [0.05, 0.1) is 12.7 Å². The minimum atomic E-state index is -0.286. The molecule has 0 radical (unpaired) electrons. The van der Waals surface area contributed by atoms with E-state index in [0.717, 1.165) is 12.0 Å². The molecule has 0 aromatic heterocycles. The number of nitrogens with one attached hydrogen (secondary N) is 1. The maximum atomic E-state index is 11.6. The molecule has 1 amide bonds. The van der Waals surface area contributed by atoms with Crippen LogP contribution >= 0.6 is 0 Å². The highest BCUT2D eigenvalue weighted by atomic mass is 16.5. The Labute approximate surface area is 108 Å². The van der Waals surface area contributed by atoms with Crippen LogP contribution < -0.4 is 11.3 Å². The first-order valence-electron chi connectivity index (χ1n) is 6.25. The number of hydrogen-bond acceptors (Lipinski definition) is 3. The zero-order valence-electron chi connectivity index (χ0n) is 11.3. The normalized spacial score (nSPS) is 12.5. The summed E-state index contributed by atoms with van der Waals surface area (Å²) in [6.45, 7) is 6.80. The Bertz CT molecular complexity index is 391. The van der Waals surface area contributed by atoms with Gasteiger partial charge in [-0.2, -0.15) is 0 Å². The first-order chi connectivity index (χ1) is 8.54. The lowest BCUT2D eigenvalue weighted by Crippen LogP contribution is -2.31. The fourth-order valence-electron chi connectivity index (χ4n) is 1.91. The van der Waals surface area contributed by atoms with E-state index in [4.69, 9.17) is 10.6 Å². The third-order valence-electron chi connectivity index (χ3n) is 2.72. The van der Waals surface area contributed by atoms with Crippen molar-refractivity contribution in [2.75, 3.05) is 0 Å². The molecule has 100 valence electrons. The van der Waals surface area contributed by atoms with E-state index >= 15 is 0 Å². The Morgan fingerprint density at radius 1 is 1.33 bits per heavy atom. The van der Waals surface area contributed by atoms with Crippen molar-refractivity contribution < 1.29 is 9.53 Å². The SMILES string of the molecule is CC(C)CC(C)OCc1ccccc1C(=O)NN. The van der Waals surface area contributed by atoms with Crippen LogP contribution in [0.3, 0.4) is 0 Å². The summed E-state index contributed by atoms with van der Waals surface area (Å²) in [6.07, 6.45) is 1.18. The number of benzene rings is 1. The van der Waals surface area contributed by atoms with E-state index in [2.05, 4.69) is 19.3 Å². The van der Waals surface area contributed by atoms with Gasteiger partial charge in [-0.15, -0.1) is 0 Å². The number of ether oxygens (including phenoxy) is 1. The molecule has 18 heavy (non-hydrogen) atoms. The summed E-state index contributed by atoms with van der Waals surface area (Å²) >= 11 is 0. The van der Waals surface area contributed by atoms with Crippen molar-refractivity contribution in [2.24, 2.45) is 11.8 Å². The highest BCUT2D eigenvalue weighted by molar-refractivity contribution is 5.95. The minimum Gasteiger partial charge on any atom is -0.374 e. The van der Waals surface area contributed by atoms with Crippen molar-refractivity contribution in [2.45, 2.75) is 39.9 Å². The smallest absolute Gasteiger partial charge is 0.265 e. The quantitative estimate of drug-likeness (QED) is 0.462. The summed E-state index contributed by atoms with van der Waals surface area (Å²) in [5, 5.41) is 0. The van der Waals surface area contributed by atoms with E-state index < -0.39 is 0 Å². The second-order valence-electron chi connectivity index (χ2n) is 4.88. The molecule has 0 aliphatic heterocycles. The topological polar surface area (TPSA) is 64.3 Å². The minimum absolute atomic E-state index is 0.180. The number of carbonyl (C=O) groups excluding carboxylic acids is 1. The molecular weight excluding hydrogens is 228 g/mol. The summed E-state index contributed by atoms with van der Waals surface area (Å²) < 4.78 is 5.75. The molecule has 0 saturated heterocycles. The molecule has 1 aromatic rings. The standard InChI is InChI=1S/C14H22N2O2/c1-10(2)8-11(3)18-9-12-6-4-5-7-13(12)14(17)16-15/h4-7,10-11H,8-9,15H2,1-3H3,(H,16,17). The first-order valence-corrected chi connectivity index (χ1v) is 6.25. The molecule has 1 rings (SSSR count). The lowest BCUT2D eigenvalue weighted by molar-refractivity contribution is 0.0391. The van der Waals surface area contributed by atoms with Gasteiger partial charge in [0.1, 0.15) is 0 Å². The number of rotatable bonds is 6. The Morgan fingerprint density at radius 2 is 2.00 bits per heavy atom. The Balaban J connectivity index is 2.64. The van der Waals surface area contributed by atoms with Crippen molar-refractivity contribution in [3.05, 3.63) is 35.4 Å². The molecule has 4 heteroatoms. The van der Waals surface area contributed by atoms with Gasteiger partial charge in [-0.05, 0) is 30.9 Å². The molecule has 1 atom stereocenters. The Kier molecular flexibility index (Phi) is 5.82. The van der Waals surface area contributed by atoms with Crippen molar-refractivity contribution in [1.82, 2.24) is 5.43 Å². The van der Waals surface area contributed by atoms with Crippen LogP contribution in [-0.4, -0.2) is 12.0 Å². The van der Waals surface area contributed by atoms with Crippen molar-refractivity contribution in [3.8, 4) is 0 Å². The fraction of sp³-hybridized carbons (Fsp3) is 0.500. The number of hydrogen-bond donors (Lipinski definition) is 2. The molecule has 0 fully saturated rings. The Morgan fingerprint density at radius 3 is 2.61 bits per heavy atom. The average molecular weight is 250 g/mol. The third kappa shape index (κ3) is 4.47. The molecule has 3 N–H and O–H groups in total. The monoisotopic (exact) mass is 250 g/mol. The lowest BCUT2D eigenvalue weighted by atomic mass is 10.1. The molecular formula is C14H22N2O2. The lowest BCUT2D eigenvalue weighted by Gasteiger charge is -2.16. The van der Waals surface area contributed by atoms with Crippen LogP contribution in [0.1, 0.15) is 43.1 Å². The molecule has 0 saturated carbocycles. The maximum Gasteiger partial charge on any atom is 0.265 e. The number of carbonyl (C=O) groups is 1. The number of amides is 1. The zero-order valence-corrected chi connectivity index (χ0v) is 11.3. The predicted octanol–water partition coefficient (Wildman–Crippen LogP) is 2.24. The van der Waals surface area contributed by atoms with E-state index in [1.54, 1.807) is 6.07 Å². The van der Waals surface area contributed by atoms with E-state index in [9.17, 15) is 4.79 Å². The fourth-order valence-corrected chi connectivity index (χ4v) is 1.91. The highest BCUT2D eigenvalue weighted by Crippen LogP contribution is 2.14. The van der Waals surface area contributed by atoms with E-state index in [1.165, 1.54) is 0 Å². The van der Waals surface area contributed by atoms with Gasteiger partial charge in [-0.25, -0.2) is 5.84 Å². The number of nitrogen functional groups attached to an aromatic ring is 1. The second-order valence-corrected chi connectivity index (χ2v) is 4.88. The molecule has 0 heterocycles. The van der Waals surface area contributed by atoms with Gasteiger partial charge >= 0.3 is 0 Å². The van der Waals surface area contributed by atoms with Gasteiger partial charge in [0, 0.05) is 5.56 Å². The van der Waals surface area contributed by atoms with E-state index in [-0.39, 0.29) is 12.0 Å². The van der Waals surface area contributed by atoms with Gasteiger partial charge in [-0.3, -0.25) is 10.2 Å². The molecule has 1 unspecified atom stereocenters. The van der Waals surface area contributed by atoms with Gasteiger partial charge in [0.25, 0.3) is 5.91 Å². The molecule has 1 aromatic carbocycles. The van der Waals surface area contributed by atoms with Gasteiger partial charge < -0.3 is 4.74 Å². The summed E-state index contributed by atoms with van der Waals surface area (Å²) in [5.41, 5.74) is 3.57. The van der Waals surface area contributed by atoms with Gasteiger partial charge in [0.15, 0.2) is 0 Å². The van der Waals surface area contributed by atoms with Crippen LogP contribution in [0.25, 0.3) is 0 Å². The van der Waals surface area contributed by atoms with Crippen molar-refractivity contribution in [1.29, 1.82) is 0 Å². The van der Waals surface area contributed by atoms with Crippen LogP contribution in [0.2, 0.25) is 0 Å². The molecule has 0 aliphatic rings. The predicted molar refractivity (Wildman–Crippen MR) is 71.8 cm³/mol. The summed E-state index contributed by atoms with van der Waals surface area (Å²) in [5.74, 6) is 5.47. The Hall–Kier alpha value is -1.39. The number of nitrogens with two attached hydrogens (primary N) is 1. The van der Waals surface area contributed by atoms with Crippen molar-refractivity contribution >= 4 is 5.91 Å². The van der Waals surface area contributed by atoms with Crippen LogP contribution in [0, 0.1) is 5.92 Å². The summed E-state index contributed by atoms with van der Waals surface area (Å²) in [6, 6.07) is 7.32. The van der Waals surface area contributed by atoms with E-state index in [1.807, 2.05) is 25.1 Å². The average Bonchev–Trinajstić information content (AvgIpc) is 2.35. The van der Waals surface area contributed by atoms with Crippen LogP contribution in [0.4, 0.5) is 0 Å².